The zero-order valence-electron chi connectivity index (χ0n) is 13.7. The van der Waals surface area contributed by atoms with E-state index in [1.54, 1.807) is 0 Å². The Hall–Kier alpha value is -2.23. The summed E-state index contributed by atoms with van der Waals surface area (Å²) >= 11 is 0. The van der Waals surface area contributed by atoms with E-state index in [1.165, 1.54) is 17.0 Å². The summed E-state index contributed by atoms with van der Waals surface area (Å²) in [6, 6.07) is 0.187. The number of hydrogen-bond acceptors (Lipinski definition) is 8. The van der Waals surface area contributed by atoms with Gasteiger partial charge in [-0.25, -0.2) is 4.98 Å². The molecule has 2 aromatic rings. The minimum absolute atomic E-state index is 0.0912. The zero-order chi connectivity index (χ0) is 17.6. The Morgan fingerprint density at radius 1 is 1.28 bits per heavy atom. The fourth-order valence-electron chi connectivity index (χ4n) is 3.42. The van der Waals surface area contributed by atoms with Gasteiger partial charge in [-0.3, -0.25) is 4.57 Å². The molecule has 9 nitrogen and oxygen atoms in total. The van der Waals surface area contributed by atoms with Crippen LogP contribution in [-0.4, -0.2) is 54.1 Å². The Morgan fingerprint density at radius 3 is 2.72 bits per heavy atom. The first-order valence-corrected chi connectivity index (χ1v) is 8.39. The lowest BCUT2D eigenvalue weighted by molar-refractivity contribution is -0.0244. The van der Waals surface area contributed by atoms with Gasteiger partial charge in [-0.05, 0) is 25.7 Å². The van der Waals surface area contributed by atoms with Crippen LogP contribution in [0.1, 0.15) is 31.9 Å². The molecular formula is C16H21N5O4. The lowest BCUT2D eigenvalue weighted by atomic mass is 10.1. The van der Waals surface area contributed by atoms with Crippen LogP contribution in [0.4, 0.5) is 5.82 Å². The molecule has 3 heterocycles. The van der Waals surface area contributed by atoms with Crippen LogP contribution in [0.5, 0.6) is 6.01 Å². The molecule has 4 rings (SSSR count). The van der Waals surface area contributed by atoms with E-state index < -0.39 is 24.5 Å². The van der Waals surface area contributed by atoms with Gasteiger partial charge >= 0.3 is 6.01 Å². The van der Waals surface area contributed by atoms with E-state index in [1.807, 2.05) is 0 Å². The molecule has 1 saturated carbocycles. The highest BCUT2D eigenvalue weighted by atomic mass is 16.6. The Balaban J connectivity index is 1.70. The number of aliphatic hydroxyl groups is 2. The number of nitrogens with two attached hydrogens (primary N) is 1. The molecule has 1 aliphatic heterocycles. The molecule has 2 aliphatic rings. The molecule has 0 amide bonds. The first-order chi connectivity index (χ1) is 12.1. The summed E-state index contributed by atoms with van der Waals surface area (Å²) in [5.74, 6) is 0.199. The fraction of sp³-hybridized carbons (Fsp3) is 0.562. The van der Waals surface area contributed by atoms with Crippen LogP contribution < -0.4 is 10.5 Å². The summed E-state index contributed by atoms with van der Waals surface area (Å²) in [7, 11) is 0. The molecule has 2 aromatic heterocycles. The average molecular weight is 347 g/mol. The highest BCUT2D eigenvalue weighted by Crippen LogP contribution is 2.33. The average Bonchev–Trinajstić information content (AvgIpc) is 3.30. The van der Waals surface area contributed by atoms with Crippen molar-refractivity contribution < 1.29 is 19.7 Å². The van der Waals surface area contributed by atoms with Gasteiger partial charge in [0.1, 0.15) is 24.4 Å². The third-order valence-electron chi connectivity index (χ3n) is 4.78. The summed E-state index contributed by atoms with van der Waals surface area (Å²) in [4.78, 5) is 12.8. The van der Waals surface area contributed by atoms with Crippen molar-refractivity contribution in [3.8, 4) is 6.01 Å². The smallest absolute Gasteiger partial charge is 0.320 e. The van der Waals surface area contributed by atoms with Crippen LogP contribution >= 0.6 is 0 Å². The molecule has 0 aromatic carbocycles. The van der Waals surface area contributed by atoms with Crippen molar-refractivity contribution in [2.45, 2.75) is 56.3 Å². The van der Waals surface area contributed by atoms with Crippen molar-refractivity contribution in [2.75, 3.05) is 5.73 Å². The molecule has 1 saturated heterocycles. The molecule has 0 unspecified atom stereocenters. The van der Waals surface area contributed by atoms with Gasteiger partial charge in [-0.1, -0.05) is 6.08 Å². The van der Waals surface area contributed by atoms with Crippen LogP contribution in [0.2, 0.25) is 0 Å². The fourth-order valence-corrected chi connectivity index (χ4v) is 3.42. The third-order valence-corrected chi connectivity index (χ3v) is 4.78. The number of fused-ring (bicyclic) bond motifs is 1. The minimum Gasteiger partial charge on any atom is -0.460 e. The SMILES string of the molecule is C=C[C@H]1O[C@@H](n2cnc3c(N)nc(OC4CCCC4)nc32)[C@H](O)[C@@H]1O. The number of hydrogen-bond donors (Lipinski definition) is 3. The predicted octanol–water partition coefficient (Wildman–Crippen LogP) is 0.535. The number of nitrogen functional groups attached to an aromatic ring is 1. The van der Waals surface area contributed by atoms with Crippen molar-refractivity contribution in [2.24, 2.45) is 0 Å². The number of ether oxygens (including phenoxy) is 2. The van der Waals surface area contributed by atoms with Gasteiger partial charge in [0.2, 0.25) is 0 Å². The van der Waals surface area contributed by atoms with E-state index in [-0.39, 0.29) is 17.9 Å². The van der Waals surface area contributed by atoms with Crippen molar-refractivity contribution >= 4 is 17.0 Å². The summed E-state index contributed by atoms with van der Waals surface area (Å²) < 4.78 is 13.0. The molecule has 2 fully saturated rings. The molecular weight excluding hydrogens is 326 g/mol. The summed E-state index contributed by atoms with van der Waals surface area (Å²) in [6.45, 7) is 3.60. The van der Waals surface area contributed by atoms with Gasteiger partial charge in [0.15, 0.2) is 23.2 Å². The first kappa shape index (κ1) is 16.2. The van der Waals surface area contributed by atoms with E-state index in [4.69, 9.17) is 15.2 Å². The van der Waals surface area contributed by atoms with E-state index in [2.05, 4.69) is 21.5 Å². The molecule has 0 spiro atoms. The number of aliphatic hydroxyl groups excluding tert-OH is 2. The van der Waals surface area contributed by atoms with Crippen LogP contribution in [0.3, 0.4) is 0 Å². The molecule has 134 valence electrons. The maximum absolute atomic E-state index is 10.3. The largest absolute Gasteiger partial charge is 0.460 e. The molecule has 25 heavy (non-hydrogen) atoms. The molecule has 1 aliphatic carbocycles. The molecule has 4 atom stereocenters. The number of aromatic nitrogens is 4. The van der Waals surface area contributed by atoms with Crippen molar-refractivity contribution in [1.29, 1.82) is 0 Å². The highest BCUT2D eigenvalue weighted by Gasteiger charge is 2.43. The Labute approximate surface area is 144 Å². The van der Waals surface area contributed by atoms with Crippen LogP contribution in [0, 0.1) is 0 Å². The standard InChI is InChI=1S/C16H21N5O4/c1-2-9-11(22)12(23)15(25-9)21-7-18-10-13(17)19-16(20-14(10)21)24-8-5-3-4-6-8/h2,7-9,11-12,15,22-23H,1,3-6H2,(H2,17,19,20)/t9-,11-,12-,15-/m1/s1. The zero-order valence-corrected chi connectivity index (χ0v) is 13.7. The van der Waals surface area contributed by atoms with Crippen molar-refractivity contribution in [1.82, 2.24) is 19.5 Å². The van der Waals surface area contributed by atoms with E-state index in [0.717, 1.165) is 25.7 Å². The second-order valence-corrected chi connectivity index (χ2v) is 6.45. The van der Waals surface area contributed by atoms with E-state index in [9.17, 15) is 10.2 Å². The number of imidazole rings is 1. The number of nitrogens with zero attached hydrogens (tertiary/aromatic N) is 4. The second kappa shape index (κ2) is 6.25. The normalized spacial score (nSPS) is 30.2. The van der Waals surface area contributed by atoms with Crippen LogP contribution in [-0.2, 0) is 4.74 Å². The molecule has 4 N–H and O–H groups in total. The van der Waals surface area contributed by atoms with Crippen molar-refractivity contribution in [3.05, 3.63) is 19.0 Å². The van der Waals surface area contributed by atoms with Gasteiger partial charge in [-0.15, -0.1) is 6.58 Å². The minimum atomic E-state index is -1.14. The predicted molar refractivity (Wildman–Crippen MR) is 88.7 cm³/mol. The lowest BCUT2D eigenvalue weighted by Gasteiger charge is -2.17. The second-order valence-electron chi connectivity index (χ2n) is 6.45. The van der Waals surface area contributed by atoms with Gasteiger partial charge in [-0.2, -0.15) is 9.97 Å². The number of anilines is 1. The third kappa shape index (κ3) is 2.74. The molecule has 9 heteroatoms. The van der Waals surface area contributed by atoms with Gasteiger partial charge in [0.05, 0.1) is 6.33 Å². The maximum Gasteiger partial charge on any atom is 0.320 e. The Kier molecular flexibility index (Phi) is 4.06. The lowest BCUT2D eigenvalue weighted by Crippen LogP contribution is -2.30. The molecule has 0 radical (unpaired) electrons. The first-order valence-electron chi connectivity index (χ1n) is 8.39. The topological polar surface area (TPSA) is 129 Å². The summed E-state index contributed by atoms with van der Waals surface area (Å²) in [5, 5.41) is 20.3. The Bertz CT molecular complexity index is 788. The maximum atomic E-state index is 10.3. The summed E-state index contributed by atoms with van der Waals surface area (Å²) in [6.07, 6.45) is 3.45. The van der Waals surface area contributed by atoms with Gasteiger partial charge < -0.3 is 25.4 Å². The summed E-state index contributed by atoms with van der Waals surface area (Å²) in [5.41, 5.74) is 6.77. The van der Waals surface area contributed by atoms with E-state index in [0.29, 0.717) is 11.2 Å². The highest BCUT2D eigenvalue weighted by molar-refractivity contribution is 5.82. The Morgan fingerprint density at radius 2 is 2.04 bits per heavy atom. The van der Waals surface area contributed by atoms with E-state index >= 15 is 0 Å². The van der Waals surface area contributed by atoms with Gasteiger partial charge in [0.25, 0.3) is 0 Å². The molecule has 0 bridgehead atoms. The van der Waals surface area contributed by atoms with Crippen LogP contribution in [0.15, 0.2) is 19.0 Å². The van der Waals surface area contributed by atoms with Crippen molar-refractivity contribution in [3.63, 3.8) is 0 Å². The van der Waals surface area contributed by atoms with Gasteiger partial charge in [0, 0.05) is 0 Å². The monoisotopic (exact) mass is 347 g/mol. The van der Waals surface area contributed by atoms with Crippen LogP contribution in [0.25, 0.3) is 11.2 Å². The quantitative estimate of drug-likeness (QED) is 0.683. The number of rotatable bonds is 4.